The molecule has 1 aromatic rings. The summed E-state index contributed by atoms with van der Waals surface area (Å²) in [5.41, 5.74) is 7.40. The van der Waals surface area contributed by atoms with Gasteiger partial charge in [0.15, 0.2) is 0 Å². The maximum Gasteiger partial charge on any atom is 0.407 e. The van der Waals surface area contributed by atoms with E-state index in [4.69, 9.17) is 10.5 Å². The van der Waals surface area contributed by atoms with Crippen LogP contribution in [0, 0.1) is 0 Å². The van der Waals surface area contributed by atoms with Gasteiger partial charge in [-0.15, -0.1) is 0 Å². The molecular formula is C18H29N5O2. The monoisotopic (exact) mass is 347 g/mol. The molecule has 1 aliphatic heterocycles. The first-order valence-electron chi connectivity index (χ1n) is 8.80. The maximum absolute atomic E-state index is 12.0. The van der Waals surface area contributed by atoms with Crippen molar-refractivity contribution in [3.05, 3.63) is 24.2 Å². The summed E-state index contributed by atoms with van der Waals surface area (Å²) in [5.74, 6) is 0.469. The van der Waals surface area contributed by atoms with Crippen LogP contribution in [0.15, 0.2) is 18.6 Å². The van der Waals surface area contributed by atoms with Crippen LogP contribution in [-0.2, 0) is 4.74 Å². The molecule has 0 aliphatic carbocycles. The Bertz CT molecular complexity index is 624. The largest absolute Gasteiger partial charge is 0.444 e. The van der Waals surface area contributed by atoms with E-state index in [1.54, 1.807) is 6.20 Å². The van der Waals surface area contributed by atoms with Crippen LogP contribution in [0.5, 0.6) is 0 Å². The lowest BCUT2D eigenvalue weighted by molar-refractivity contribution is 0.0484. The van der Waals surface area contributed by atoms with Crippen molar-refractivity contribution in [3.63, 3.8) is 0 Å². The molecule has 0 saturated carbocycles. The minimum atomic E-state index is -0.498. The predicted octanol–water partition coefficient (Wildman–Crippen LogP) is 2.80. The molecule has 1 atom stereocenters. The smallest absolute Gasteiger partial charge is 0.407 e. The average Bonchev–Trinajstić information content (AvgIpc) is 2.52. The highest BCUT2D eigenvalue weighted by molar-refractivity contribution is 5.71. The number of carbonyl (C=O) groups is 1. The van der Waals surface area contributed by atoms with Crippen LogP contribution in [0.25, 0.3) is 5.70 Å². The van der Waals surface area contributed by atoms with Gasteiger partial charge in [-0.05, 0) is 40.0 Å². The third-order valence-corrected chi connectivity index (χ3v) is 3.90. The average molecular weight is 347 g/mol. The SMILES string of the molecule is CCC=C(c1cncnc1N)N1CCCC(NC(=O)OC(C)(C)C)C1. The molecule has 0 radical (unpaired) electrons. The highest BCUT2D eigenvalue weighted by atomic mass is 16.6. The summed E-state index contributed by atoms with van der Waals surface area (Å²) in [6.07, 6.45) is 7.74. The van der Waals surface area contributed by atoms with Gasteiger partial charge in [0.2, 0.25) is 0 Å². The number of nitrogen functional groups attached to an aromatic ring is 1. The van der Waals surface area contributed by atoms with Gasteiger partial charge < -0.3 is 20.7 Å². The van der Waals surface area contributed by atoms with Gasteiger partial charge in [-0.2, -0.15) is 0 Å². The fraction of sp³-hybridized carbons (Fsp3) is 0.611. The molecule has 1 unspecified atom stereocenters. The number of nitrogens with zero attached hydrogens (tertiary/aromatic N) is 3. The molecular weight excluding hydrogens is 318 g/mol. The highest BCUT2D eigenvalue weighted by Gasteiger charge is 2.26. The first kappa shape index (κ1) is 19.0. The molecule has 1 amide bonds. The van der Waals surface area contributed by atoms with E-state index in [1.165, 1.54) is 6.33 Å². The lowest BCUT2D eigenvalue weighted by Crippen LogP contribution is -2.48. The Balaban J connectivity index is 2.09. The highest BCUT2D eigenvalue weighted by Crippen LogP contribution is 2.26. The molecule has 0 aromatic carbocycles. The molecule has 3 N–H and O–H groups in total. The number of aromatic nitrogens is 2. The van der Waals surface area contributed by atoms with E-state index in [0.717, 1.165) is 37.1 Å². The number of ether oxygens (including phenoxy) is 1. The van der Waals surface area contributed by atoms with Gasteiger partial charge in [-0.1, -0.05) is 13.0 Å². The Kier molecular flexibility index (Phi) is 6.22. The minimum absolute atomic E-state index is 0.0368. The number of amides is 1. The molecule has 1 fully saturated rings. The van der Waals surface area contributed by atoms with Crippen LogP contribution < -0.4 is 11.1 Å². The summed E-state index contributed by atoms with van der Waals surface area (Å²) in [5, 5.41) is 2.98. The molecule has 2 rings (SSSR count). The lowest BCUT2D eigenvalue weighted by Gasteiger charge is -2.36. The second-order valence-electron chi connectivity index (χ2n) is 7.25. The number of anilines is 1. The number of likely N-dealkylation sites (tertiary alicyclic amines) is 1. The predicted molar refractivity (Wildman–Crippen MR) is 98.7 cm³/mol. The summed E-state index contributed by atoms with van der Waals surface area (Å²) < 4.78 is 5.36. The van der Waals surface area contributed by atoms with Gasteiger partial charge in [0.25, 0.3) is 0 Å². The molecule has 2 heterocycles. The third kappa shape index (κ3) is 5.62. The number of hydrogen-bond donors (Lipinski definition) is 2. The van der Waals surface area contributed by atoms with E-state index in [-0.39, 0.29) is 12.1 Å². The van der Waals surface area contributed by atoms with Gasteiger partial charge in [0, 0.05) is 31.0 Å². The summed E-state index contributed by atoms with van der Waals surface area (Å²) in [6, 6.07) is 0.0368. The minimum Gasteiger partial charge on any atom is -0.444 e. The molecule has 7 nitrogen and oxygen atoms in total. The lowest BCUT2D eigenvalue weighted by atomic mass is 10.0. The van der Waals surface area contributed by atoms with E-state index >= 15 is 0 Å². The van der Waals surface area contributed by atoms with Crippen molar-refractivity contribution in [2.24, 2.45) is 0 Å². The van der Waals surface area contributed by atoms with E-state index in [9.17, 15) is 4.79 Å². The zero-order valence-electron chi connectivity index (χ0n) is 15.6. The number of nitrogens with one attached hydrogen (secondary N) is 1. The van der Waals surface area contributed by atoms with Gasteiger partial charge >= 0.3 is 6.09 Å². The molecule has 1 aromatic heterocycles. The van der Waals surface area contributed by atoms with Crippen molar-refractivity contribution in [1.29, 1.82) is 0 Å². The fourth-order valence-electron chi connectivity index (χ4n) is 2.93. The van der Waals surface area contributed by atoms with Crippen molar-refractivity contribution < 1.29 is 9.53 Å². The molecule has 1 aliphatic rings. The molecule has 1 saturated heterocycles. The second kappa shape index (κ2) is 8.18. The normalized spacial score (nSPS) is 18.8. The number of rotatable bonds is 4. The number of piperidine rings is 1. The number of nitrogens with two attached hydrogens (primary N) is 1. The van der Waals surface area contributed by atoms with Gasteiger partial charge in [-0.3, -0.25) is 0 Å². The van der Waals surface area contributed by atoms with Crippen molar-refractivity contribution in [1.82, 2.24) is 20.2 Å². The topological polar surface area (TPSA) is 93.4 Å². The Hall–Kier alpha value is -2.31. The number of hydrogen-bond acceptors (Lipinski definition) is 6. The van der Waals surface area contributed by atoms with Crippen molar-refractivity contribution in [3.8, 4) is 0 Å². The molecule has 7 heteroatoms. The number of alkyl carbamates (subject to hydrolysis) is 1. The third-order valence-electron chi connectivity index (χ3n) is 3.90. The van der Waals surface area contributed by atoms with Gasteiger partial charge in [-0.25, -0.2) is 14.8 Å². The summed E-state index contributed by atoms with van der Waals surface area (Å²) in [7, 11) is 0. The quantitative estimate of drug-likeness (QED) is 0.870. The fourth-order valence-corrected chi connectivity index (χ4v) is 2.93. The van der Waals surface area contributed by atoms with Crippen LogP contribution in [0.4, 0.5) is 10.6 Å². The standard InChI is InChI=1S/C18H29N5O2/c1-5-7-15(14-10-20-12-21-16(14)19)23-9-6-8-13(11-23)22-17(24)25-18(2,3)4/h7,10,12-13H,5-6,8-9,11H2,1-4H3,(H,22,24)(H2,19,20,21). The van der Waals surface area contributed by atoms with Crippen LogP contribution in [0.2, 0.25) is 0 Å². The Morgan fingerprint density at radius 3 is 2.92 bits per heavy atom. The molecule has 25 heavy (non-hydrogen) atoms. The number of carbonyl (C=O) groups excluding carboxylic acids is 1. The molecule has 0 spiro atoms. The summed E-state index contributed by atoms with van der Waals surface area (Å²) in [6.45, 7) is 9.28. The van der Waals surface area contributed by atoms with E-state index < -0.39 is 5.60 Å². The summed E-state index contributed by atoms with van der Waals surface area (Å²) >= 11 is 0. The maximum atomic E-state index is 12.0. The first-order valence-corrected chi connectivity index (χ1v) is 8.80. The van der Waals surface area contributed by atoms with E-state index in [2.05, 4.69) is 33.2 Å². The van der Waals surface area contributed by atoms with Crippen LogP contribution >= 0.6 is 0 Å². The van der Waals surface area contributed by atoms with Crippen molar-refractivity contribution >= 4 is 17.6 Å². The van der Waals surface area contributed by atoms with Crippen molar-refractivity contribution in [2.45, 2.75) is 58.6 Å². The van der Waals surface area contributed by atoms with Gasteiger partial charge in [0.1, 0.15) is 17.7 Å². The molecule has 138 valence electrons. The van der Waals surface area contributed by atoms with Crippen LogP contribution in [-0.4, -0.2) is 45.7 Å². The van der Waals surface area contributed by atoms with Crippen molar-refractivity contribution in [2.75, 3.05) is 18.8 Å². The van der Waals surface area contributed by atoms with Crippen LogP contribution in [0.1, 0.15) is 52.5 Å². The summed E-state index contributed by atoms with van der Waals surface area (Å²) in [4.78, 5) is 22.5. The van der Waals surface area contributed by atoms with Gasteiger partial charge in [0.05, 0.1) is 5.56 Å². The Morgan fingerprint density at radius 2 is 2.28 bits per heavy atom. The zero-order valence-corrected chi connectivity index (χ0v) is 15.6. The Morgan fingerprint density at radius 1 is 1.52 bits per heavy atom. The molecule has 0 bridgehead atoms. The second-order valence-corrected chi connectivity index (χ2v) is 7.25. The van der Waals surface area contributed by atoms with E-state index in [0.29, 0.717) is 12.4 Å². The van der Waals surface area contributed by atoms with E-state index in [1.807, 2.05) is 20.8 Å². The zero-order chi connectivity index (χ0) is 18.4. The number of allylic oxidation sites excluding steroid dienone is 1. The Labute approximate surface area is 149 Å². The van der Waals surface area contributed by atoms with Crippen LogP contribution in [0.3, 0.4) is 0 Å². The first-order chi connectivity index (χ1) is 11.8.